The van der Waals surface area contributed by atoms with E-state index >= 15 is 0 Å². The van der Waals surface area contributed by atoms with Gasteiger partial charge in [0.2, 0.25) is 0 Å². The number of nitrogens with one attached hydrogen (secondary N) is 2. The predicted octanol–water partition coefficient (Wildman–Crippen LogP) is 5.17. The Morgan fingerprint density at radius 1 is 0.918 bits per heavy atom. The third kappa shape index (κ3) is 9.95. The number of fused-ring (bicyclic) bond motifs is 1. The van der Waals surface area contributed by atoms with Gasteiger partial charge in [0.15, 0.2) is 0 Å². The number of aromatic amines is 1. The number of aryl methyl sites for hydroxylation is 2. The fraction of sp³-hybridized carbons (Fsp3) is 0.361. The lowest BCUT2D eigenvalue weighted by molar-refractivity contribution is -0.153. The largest absolute Gasteiger partial charge is 0.497 e. The zero-order valence-electron chi connectivity index (χ0n) is 28.6. The maximum Gasteiger partial charge on any atom is 0.408 e. The van der Waals surface area contributed by atoms with Gasteiger partial charge in [-0.2, -0.15) is 0 Å². The number of carbonyl (C=O) groups excluding carboxylic acids is 3. The van der Waals surface area contributed by atoms with Crippen LogP contribution < -0.4 is 25.1 Å². The van der Waals surface area contributed by atoms with Gasteiger partial charge in [-0.15, -0.1) is 0 Å². The van der Waals surface area contributed by atoms with Gasteiger partial charge < -0.3 is 38.7 Å². The molecular weight excluding hydrogens is 634 g/mol. The molecule has 4 rings (SSSR count). The number of hydrogen-bond acceptors (Lipinski definition) is 11. The SMILES string of the molecule is COc1cc(OC)c2c(=O)[nH]c(-c3cc(C)c(OCCOC(=O)C[C@H](NC(=O)OC(C)(C)C)C(=O)OCc4ccccc4)c(C)c3)nc2c1. The van der Waals surface area contributed by atoms with Gasteiger partial charge in [0.1, 0.15) is 59.9 Å². The summed E-state index contributed by atoms with van der Waals surface area (Å²) >= 11 is 0. The van der Waals surface area contributed by atoms with Crippen molar-refractivity contribution in [3.8, 4) is 28.6 Å². The van der Waals surface area contributed by atoms with Crippen molar-refractivity contribution in [1.82, 2.24) is 15.3 Å². The first kappa shape index (κ1) is 36.2. The molecule has 260 valence electrons. The van der Waals surface area contributed by atoms with Gasteiger partial charge in [-0.1, -0.05) is 30.3 Å². The number of methoxy groups -OCH3 is 2. The fourth-order valence-corrected chi connectivity index (χ4v) is 4.94. The summed E-state index contributed by atoms with van der Waals surface area (Å²) in [5, 5.41) is 2.72. The van der Waals surface area contributed by atoms with Gasteiger partial charge in [0.25, 0.3) is 5.56 Å². The molecule has 49 heavy (non-hydrogen) atoms. The normalized spacial score (nSPS) is 11.7. The first-order valence-electron chi connectivity index (χ1n) is 15.5. The van der Waals surface area contributed by atoms with Crippen LogP contribution in [0.1, 0.15) is 43.9 Å². The van der Waals surface area contributed by atoms with E-state index in [2.05, 4.69) is 15.3 Å². The van der Waals surface area contributed by atoms with E-state index < -0.39 is 36.1 Å². The minimum Gasteiger partial charge on any atom is -0.497 e. The van der Waals surface area contributed by atoms with E-state index in [-0.39, 0.29) is 25.4 Å². The number of hydrogen-bond donors (Lipinski definition) is 2. The van der Waals surface area contributed by atoms with Gasteiger partial charge in [-0.3, -0.25) is 9.59 Å². The fourth-order valence-electron chi connectivity index (χ4n) is 4.94. The van der Waals surface area contributed by atoms with Gasteiger partial charge >= 0.3 is 18.0 Å². The summed E-state index contributed by atoms with van der Waals surface area (Å²) in [5.41, 5.74) is 2.17. The third-order valence-corrected chi connectivity index (χ3v) is 7.10. The van der Waals surface area contributed by atoms with Crippen molar-refractivity contribution in [2.45, 2.75) is 59.3 Å². The molecule has 0 aliphatic heterocycles. The number of carbonyl (C=O) groups is 3. The molecule has 0 unspecified atom stereocenters. The van der Waals surface area contributed by atoms with E-state index in [0.29, 0.717) is 39.5 Å². The van der Waals surface area contributed by atoms with Gasteiger partial charge in [-0.25, -0.2) is 14.6 Å². The van der Waals surface area contributed by atoms with Gasteiger partial charge in [0.05, 0.1) is 26.2 Å². The first-order valence-corrected chi connectivity index (χ1v) is 15.5. The van der Waals surface area contributed by atoms with E-state index in [0.717, 1.165) is 16.7 Å². The number of benzene rings is 3. The highest BCUT2D eigenvalue weighted by atomic mass is 16.6. The predicted molar refractivity (Wildman–Crippen MR) is 181 cm³/mol. The highest BCUT2D eigenvalue weighted by Gasteiger charge is 2.29. The molecule has 13 nitrogen and oxygen atoms in total. The molecule has 0 bridgehead atoms. The van der Waals surface area contributed by atoms with Crippen LogP contribution in [0.25, 0.3) is 22.3 Å². The molecule has 0 aliphatic rings. The maximum absolute atomic E-state index is 13.0. The number of amides is 1. The number of alkyl carbamates (subject to hydrolysis) is 1. The highest BCUT2D eigenvalue weighted by molar-refractivity contribution is 5.87. The third-order valence-electron chi connectivity index (χ3n) is 7.10. The monoisotopic (exact) mass is 675 g/mol. The van der Waals surface area contributed by atoms with E-state index in [4.69, 9.17) is 28.4 Å². The van der Waals surface area contributed by atoms with Crippen LogP contribution in [0.15, 0.2) is 59.4 Å². The Bertz CT molecular complexity index is 1840. The number of H-pyrrole nitrogens is 1. The standard InChI is InChI=1S/C36H41N3O10/c1-21-15-24(32-37-26-17-25(44-6)18-28(45-7)30(26)33(41)39-32)16-22(2)31(21)47-14-13-46-29(40)19-27(38-35(43)49-36(3,4)5)34(42)48-20-23-11-9-8-10-12-23/h8-12,15-18,27H,13-14,19-20H2,1-7H3,(H,38,43)(H,37,39,41)/t27-/m0/s1. The van der Waals surface area contributed by atoms with Crippen molar-refractivity contribution in [3.05, 3.63) is 81.6 Å². The van der Waals surface area contributed by atoms with Crippen LogP contribution in [0.2, 0.25) is 0 Å². The lowest BCUT2D eigenvalue weighted by atomic mass is 10.0. The van der Waals surface area contributed by atoms with Crippen LogP contribution in [0.4, 0.5) is 4.79 Å². The molecule has 1 atom stereocenters. The van der Waals surface area contributed by atoms with Crippen molar-refractivity contribution in [1.29, 1.82) is 0 Å². The van der Waals surface area contributed by atoms with Crippen molar-refractivity contribution >= 4 is 28.9 Å². The summed E-state index contributed by atoms with van der Waals surface area (Å²) in [6.07, 6.45) is -1.35. The van der Waals surface area contributed by atoms with E-state index in [1.165, 1.54) is 14.2 Å². The van der Waals surface area contributed by atoms with Crippen LogP contribution in [0.5, 0.6) is 17.2 Å². The van der Waals surface area contributed by atoms with Crippen molar-refractivity contribution in [2.24, 2.45) is 0 Å². The second-order valence-electron chi connectivity index (χ2n) is 12.1. The van der Waals surface area contributed by atoms with Gasteiger partial charge in [-0.05, 0) is 63.4 Å². The van der Waals surface area contributed by atoms with Crippen molar-refractivity contribution in [3.63, 3.8) is 0 Å². The highest BCUT2D eigenvalue weighted by Crippen LogP contribution is 2.31. The molecule has 1 aromatic heterocycles. The minimum absolute atomic E-state index is 0.0139. The van der Waals surface area contributed by atoms with E-state index in [1.807, 2.05) is 32.0 Å². The molecule has 13 heteroatoms. The number of rotatable bonds is 13. The lowest BCUT2D eigenvalue weighted by Crippen LogP contribution is -2.45. The van der Waals surface area contributed by atoms with Crippen LogP contribution in [0, 0.1) is 13.8 Å². The Balaban J connectivity index is 1.38. The summed E-state index contributed by atoms with van der Waals surface area (Å²) in [5.74, 6) is 0.225. The van der Waals surface area contributed by atoms with E-state index in [9.17, 15) is 19.2 Å². The smallest absolute Gasteiger partial charge is 0.408 e. The molecule has 0 radical (unpaired) electrons. The topological polar surface area (TPSA) is 164 Å². The summed E-state index contributed by atoms with van der Waals surface area (Å²) in [4.78, 5) is 58.4. The van der Waals surface area contributed by atoms with Crippen LogP contribution in [0.3, 0.4) is 0 Å². The second kappa shape index (κ2) is 16.0. The second-order valence-corrected chi connectivity index (χ2v) is 12.1. The van der Waals surface area contributed by atoms with Crippen LogP contribution in [-0.2, 0) is 30.4 Å². The molecule has 0 fully saturated rings. The van der Waals surface area contributed by atoms with Crippen LogP contribution >= 0.6 is 0 Å². The summed E-state index contributed by atoms with van der Waals surface area (Å²) < 4.78 is 32.6. The number of esters is 2. The number of nitrogens with zero attached hydrogens (tertiary/aromatic N) is 1. The van der Waals surface area contributed by atoms with Crippen LogP contribution in [-0.4, -0.2) is 67.1 Å². The van der Waals surface area contributed by atoms with Gasteiger partial charge in [0, 0.05) is 17.7 Å². The molecular formula is C36H41N3O10. The minimum atomic E-state index is -1.33. The summed E-state index contributed by atoms with van der Waals surface area (Å²) in [6.45, 7) is 8.57. The number of aromatic nitrogens is 2. The van der Waals surface area contributed by atoms with Crippen molar-refractivity contribution < 1.29 is 42.8 Å². The Morgan fingerprint density at radius 2 is 1.61 bits per heavy atom. The Hall–Kier alpha value is -5.59. The zero-order valence-corrected chi connectivity index (χ0v) is 28.6. The molecule has 0 saturated heterocycles. The van der Waals surface area contributed by atoms with E-state index in [1.54, 1.807) is 57.2 Å². The molecule has 1 amide bonds. The molecule has 0 spiro atoms. The molecule has 0 aliphatic carbocycles. The molecule has 0 saturated carbocycles. The maximum atomic E-state index is 13.0. The molecule has 4 aromatic rings. The molecule has 1 heterocycles. The van der Waals surface area contributed by atoms with Crippen molar-refractivity contribution in [2.75, 3.05) is 27.4 Å². The Labute approximate surface area is 283 Å². The molecule has 3 aromatic carbocycles. The Kier molecular flexibility index (Phi) is 11.8. The first-order chi connectivity index (χ1) is 23.3. The Morgan fingerprint density at radius 3 is 2.24 bits per heavy atom. The lowest BCUT2D eigenvalue weighted by Gasteiger charge is -2.22. The summed E-state index contributed by atoms with van der Waals surface area (Å²) in [6, 6.07) is 14.6. The number of ether oxygens (including phenoxy) is 6. The quantitative estimate of drug-likeness (QED) is 0.109. The zero-order chi connectivity index (χ0) is 35.7. The average Bonchev–Trinajstić information content (AvgIpc) is 3.04. The average molecular weight is 676 g/mol. The molecule has 2 N–H and O–H groups in total. The summed E-state index contributed by atoms with van der Waals surface area (Å²) in [7, 11) is 2.99.